The summed E-state index contributed by atoms with van der Waals surface area (Å²) in [6.07, 6.45) is 2.32. The molecule has 1 N–H and O–H groups in total. The van der Waals surface area contributed by atoms with E-state index in [1.54, 1.807) is 14.2 Å². The van der Waals surface area contributed by atoms with Crippen LogP contribution in [0.2, 0.25) is 0 Å². The Hall–Kier alpha value is -0.160. The van der Waals surface area contributed by atoms with E-state index in [-0.39, 0.29) is 5.41 Å². The van der Waals surface area contributed by atoms with Crippen molar-refractivity contribution < 1.29 is 14.2 Å². The van der Waals surface area contributed by atoms with Crippen LogP contribution in [0.3, 0.4) is 0 Å². The van der Waals surface area contributed by atoms with Gasteiger partial charge < -0.3 is 19.5 Å². The largest absolute Gasteiger partial charge is 0.384 e. The van der Waals surface area contributed by atoms with Gasteiger partial charge in [-0.15, -0.1) is 0 Å². The first kappa shape index (κ1) is 12.9. The third-order valence-corrected chi connectivity index (χ3v) is 2.84. The van der Waals surface area contributed by atoms with Crippen LogP contribution in [0.15, 0.2) is 0 Å². The van der Waals surface area contributed by atoms with Gasteiger partial charge in [-0.25, -0.2) is 0 Å². The summed E-state index contributed by atoms with van der Waals surface area (Å²) in [5, 5.41) is 3.40. The molecule has 0 amide bonds. The summed E-state index contributed by atoms with van der Waals surface area (Å²) in [6.45, 7) is 5.06. The highest BCUT2D eigenvalue weighted by Crippen LogP contribution is 2.28. The van der Waals surface area contributed by atoms with Gasteiger partial charge in [0.15, 0.2) is 0 Å². The van der Waals surface area contributed by atoms with Crippen molar-refractivity contribution in [2.45, 2.75) is 12.8 Å². The van der Waals surface area contributed by atoms with E-state index in [2.05, 4.69) is 5.32 Å². The maximum atomic E-state index is 5.54. The number of hydrogen-bond donors (Lipinski definition) is 1. The molecule has 4 nitrogen and oxygen atoms in total. The molecule has 1 atom stereocenters. The van der Waals surface area contributed by atoms with Crippen LogP contribution in [0, 0.1) is 5.41 Å². The first-order chi connectivity index (χ1) is 7.33. The lowest BCUT2D eigenvalue weighted by atomic mass is 9.83. The fourth-order valence-corrected chi connectivity index (χ4v) is 2.05. The van der Waals surface area contributed by atoms with E-state index in [9.17, 15) is 0 Å². The lowest BCUT2D eigenvalue weighted by Crippen LogP contribution is -2.44. The number of nitrogens with one attached hydrogen (secondary N) is 1. The van der Waals surface area contributed by atoms with Crippen molar-refractivity contribution in [2.75, 3.05) is 53.7 Å². The van der Waals surface area contributed by atoms with E-state index < -0.39 is 0 Å². The van der Waals surface area contributed by atoms with Crippen LogP contribution in [0.25, 0.3) is 0 Å². The zero-order valence-electron chi connectivity index (χ0n) is 9.88. The molecule has 4 heteroatoms. The second-order valence-electron chi connectivity index (χ2n) is 4.26. The van der Waals surface area contributed by atoms with Gasteiger partial charge in [0.25, 0.3) is 0 Å². The molecule has 0 bridgehead atoms. The first-order valence-corrected chi connectivity index (χ1v) is 5.59. The minimum atomic E-state index is 0.167. The van der Waals surface area contributed by atoms with Crippen molar-refractivity contribution in [3.05, 3.63) is 0 Å². The Bertz CT molecular complexity index is 152. The molecule has 0 radical (unpaired) electrons. The summed E-state index contributed by atoms with van der Waals surface area (Å²) >= 11 is 0. The van der Waals surface area contributed by atoms with Gasteiger partial charge in [0, 0.05) is 39.3 Å². The molecule has 0 aromatic carbocycles. The fourth-order valence-electron chi connectivity index (χ4n) is 2.05. The SMILES string of the molecule is COCCNCC1(COC)CCCOC1. The molecule has 0 aromatic rings. The van der Waals surface area contributed by atoms with E-state index in [4.69, 9.17) is 14.2 Å². The predicted octanol–water partition coefficient (Wildman–Crippen LogP) is 0.666. The second kappa shape index (κ2) is 7.17. The van der Waals surface area contributed by atoms with Crippen molar-refractivity contribution in [3.63, 3.8) is 0 Å². The Kier molecular flexibility index (Phi) is 6.17. The van der Waals surface area contributed by atoms with Crippen LogP contribution in [0.5, 0.6) is 0 Å². The summed E-state index contributed by atoms with van der Waals surface area (Å²) in [5.74, 6) is 0. The molecule has 1 fully saturated rings. The van der Waals surface area contributed by atoms with Crippen molar-refractivity contribution in [1.82, 2.24) is 5.32 Å². The summed E-state index contributed by atoms with van der Waals surface area (Å²) in [5.41, 5.74) is 0.167. The van der Waals surface area contributed by atoms with Crippen LogP contribution in [-0.2, 0) is 14.2 Å². The van der Waals surface area contributed by atoms with Gasteiger partial charge in [-0.05, 0) is 12.8 Å². The maximum Gasteiger partial charge on any atom is 0.0587 e. The minimum Gasteiger partial charge on any atom is -0.384 e. The van der Waals surface area contributed by atoms with Crippen molar-refractivity contribution in [2.24, 2.45) is 5.41 Å². The molecule has 1 unspecified atom stereocenters. The Morgan fingerprint density at radius 1 is 1.33 bits per heavy atom. The smallest absolute Gasteiger partial charge is 0.0587 e. The van der Waals surface area contributed by atoms with Gasteiger partial charge in [0.05, 0.1) is 19.8 Å². The summed E-state index contributed by atoms with van der Waals surface area (Å²) in [4.78, 5) is 0. The van der Waals surface area contributed by atoms with Gasteiger partial charge in [-0.3, -0.25) is 0 Å². The molecule has 1 aliphatic heterocycles. The number of ether oxygens (including phenoxy) is 3. The van der Waals surface area contributed by atoms with Crippen LogP contribution in [-0.4, -0.2) is 53.7 Å². The molecular formula is C11H23NO3. The Balaban J connectivity index is 2.28. The van der Waals surface area contributed by atoms with Gasteiger partial charge in [0.2, 0.25) is 0 Å². The minimum absolute atomic E-state index is 0.167. The molecular weight excluding hydrogens is 194 g/mol. The highest BCUT2D eigenvalue weighted by atomic mass is 16.5. The fraction of sp³-hybridized carbons (Fsp3) is 1.00. The average molecular weight is 217 g/mol. The van der Waals surface area contributed by atoms with Gasteiger partial charge in [-0.2, -0.15) is 0 Å². The lowest BCUT2D eigenvalue weighted by molar-refractivity contribution is -0.0479. The molecule has 0 spiro atoms. The maximum absolute atomic E-state index is 5.54. The monoisotopic (exact) mass is 217 g/mol. The van der Waals surface area contributed by atoms with Crippen molar-refractivity contribution >= 4 is 0 Å². The lowest BCUT2D eigenvalue weighted by Gasteiger charge is -2.36. The van der Waals surface area contributed by atoms with Crippen LogP contribution >= 0.6 is 0 Å². The second-order valence-corrected chi connectivity index (χ2v) is 4.26. The summed E-state index contributed by atoms with van der Waals surface area (Å²) < 4.78 is 15.8. The van der Waals surface area contributed by atoms with E-state index in [1.165, 1.54) is 6.42 Å². The first-order valence-electron chi connectivity index (χ1n) is 5.59. The third kappa shape index (κ3) is 4.47. The summed E-state index contributed by atoms with van der Waals surface area (Å²) in [6, 6.07) is 0. The normalized spacial score (nSPS) is 26.8. The van der Waals surface area contributed by atoms with Gasteiger partial charge in [-0.1, -0.05) is 0 Å². The van der Waals surface area contributed by atoms with Crippen molar-refractivity contribution in [1.29, 1.82) is 0 Å². The zero-order valence-corrected chi connectivity index (χ0v) is 9.88. The molecule has 90 valence electrons. The third-order valence-electron chi connectivity index (χ3n) is 2.84. The predicted molar refractivity (Wildman–Crippen MR) is 59.1 cm³/mol. The Morgan fingerprint density at radius 2 is 2.20 bits per heavy atom. The van der Waals surface area contributed by atoms with E-state index in [1.807, 2.05) is 0 Å². The summed E-state index contributed by atoms with van der Waals surface area (Å²) in [7, 11) is 3.47. The molecule has 15 heavy (non-hydrogen) atoms. The highest BCUT2D eigenvalue weighted by Gasteiger charge is 2.32. The topological polar surface area (TPSA) is 39.7 Å². The van der Waals surface area contributed by atoms with E-state index in [0.29, 0.717) is 0 Å². The van der Waals surface area contributed by atoms with Crippen LogP contribution in [0.4, 0.5) is 0 Å². The van der Waals surface area contributed by atoms with E-state index >= 15 is 0 Å². The van der Waals surface area contributed by atoms with E-state index in [0.717, 1.165) is 45.9 Å². The number of rotatable bonds is 7. The number of hydrogen-bond acceptors (Lipinski definition) is 4. The highest BCUT2D eigenvalue weighted by molar-refractivity contribution is 4.83. The quantitative estimate of drug-likeness (QED) is 0.636. The molecule has 0 aromatic heterocycles. The molecule has 1 aliphatic rings. The molecule has 1 saturated heterocycles. The van der Waals surface area contributed by atoms with Crippen LogP contribution < -0.4 is 5.32 Å². The molecule has 1 rings (SSSR count). The van der Waals surface area contributed by atoms with Crippen molar-refractivity contribution in [3.8, 4) is 0 Å². The average Bonchev–Trinajstić information content (AvgIpc) is 2.26. The van der Waals surface area contributed by atoms with Gasteiger partial charge in [0.1, 0.15) is 0 Å². The molecule has 0 aliphatic carbocycles. The standard InChI is InChI=1S/C11H23NO3/c1-13-7-5-12-8-11(9-14-2)4-3-6-15-10-11/h12H,3-10H2,1-2H3. The number of methoxy groups -OCH3 is 2. The zero-order chi connectivity index (χ0) is 11.0. The molecule has 1 heterocycles. The van der Waals surface area contributed by atoms with Crippen LogP contribution in [0.1, 0.15) is 12.8 Å². The van der Waals surface area contributed by atoms with Gasteiger partial charge >= 0.3 is 0 Å². The molecule has 0 saturated carbocycles. The Morgan fingerprint density at radius 3 is 2.80 bits per heavy atom. The Labute approximate surface area is 92.3 Å².